The summed E-state index contributed by atoms with van der Waals surface area (Å²) in [7, 11) is 1.71. The van der Waals surface area contributed by atoms with Gasteiger partial charge in [0.15, 0.2) is 0 Å². The largest absolute Gasteiger partial charge is 0.496 e. The summed E-state index contributed by atoms with van der Waals surface area (Å²) in [5.74, 6) is 0.955. The van der Waals surface area contributed by atoms with Crippen molar-refractivity contribution in [3.8, 4) is 5.75 Å². The standard InChI is InChI=1S/C18H23NO/c1-12-6-5-7-15(8-12)11-17(19)16-9-13(2)18(20-4)14(3)10-16/h5-10,17H,11,19H2,1-4H3. The maximum absolute atomic E-state index is 6.37. The molecule has 0 amide bonds. The molecule has 20 heavy (non-hydrogen) atoms. The van der Waals surface area contributed by atoms with E-state index in [0.717, 1.165) is 23.3 Å². The molecule has 0 bridgehead atoms. The van der Waals surface area contributed by atoms with E-state index in [1.165, 1.54) is 16.7 Å². The van der Waals surface area contributed by atoms with Crippen LogP contribution in [0.5, 0.6) is 5.75 Å². The highest BCUT2D eigenvalue weighted by molar-refractivity contribution is 5.44. The van der Waals surface area contributed by atoms with Crippen molar-refractivity contribution in [1.29, 1.82) is 0 Å². The van der Waals surface area contributed by atoms with Crippen molar-refractivity contribution >= 4 is 0 Å². The molecular formula is C18H23NO. The van der Waals surface area contributed by atoms with E-state index in [1.54, 1.807) is 7.11 Å². The van der Waals surface area contributed by atoms with Crippen molar-refractivity contribution in [2.24, 2.45) is 5.73 Å². The van der Waals surface area contributed by atoms with Crippen LogP contribution in [0.1, 0.15) is 33.9 Å². The maximum atomic E-state index is 6.37. The van der Waals surface area contributed by atoms with Gasteiger partial charge in [-0.05, 0) is 49.4 Å². The van der Waals surface area contributed by atoms with Crippen molar-refractivity contribution in [3.63, 3.8) is 0 Å². The van der Waals surface area contributed by atoms with Crippen LogP contribution in [0.15, 0.2) is 36.4 Å². The van der Waals surface area contributed by atoms with E-state index in [4.69, 9.17) is 10.5 Å². The highest BCUT2D eigenvalue weighted by Crippen LogP contribution is 2.27. The highest BCUT2D eigenvalue weighted by Gasteiger charge is 2.11. The summed E-state index contributed by atoms with van der Waals surface area (Å²) in [6.07, 6.45) is 0.854. The van der Waals surface area contributed by atoms with Crippen molar-refractivity contribution in [2.75, 3.05) is 7.11 Å². The Bertz CT molecular complexity index is 581. The molecule has 0 saturated carbocycles. The first-order valence-electron chi connectivity index (χ1n) is 6.97. The van der Waals surface area contributed by atoms with E-state index in [1.807, 2.05) is 0 Å². The summed E-state index contributed by atoms with van der Waals surface area (Å²) >= 11 is 0. The van der Waals surface area contributed by atoms with Crippen LogP contribution in [0, 0.1) is 20.8 Å². The molecule has 0 aliphatic heterocycles. The first kappa shape index (κ1) is 14.6. The molecule has 0 spiro atoms. The van der Waals surface area contributed by atoms with Gasteiger partial charge < -0.3 is 10.5 Å². The number of benzene rings is 2. The number of hydrogen-bond acceptors (Lipinski definition) is 2. The molecule has 1 unspecified atom stereocenters. The predicted octanol–water partition coefficient (Wildman–Crippen LogP) is 3.86. The Morgan fingerprint density at radius 2 is 1.70 bits per heavy atom. The second-order valence-electron chi connectivity index (χ2n) is 5.49. The Labute approximate surface area is 121 Å². The lowest BCUT2D eigenvalue weighted by molar-refractivity contribution is 0.408. The molecule has 2 N–H and O–H groups in total. The Morgan fingerprint density at radius 3 is 2.25 bits per heavy atom. The van der Waals surface area contributed by atoms with E-state index >= 15 is 0 Å². The fourth-order valence-electron chi connectivity index (χ4n) is 2.73. The lowest BCUT2D eigenvalue weighted by Crippen LogP contribution is -2.14. The molecular weight excluding hydrogens is 246 g/mol. The van der Waals surface area contributed by atoms with Crippen molar-refractivity contribution in [2.45, 2.75) is 33.2 Å². The van der Waals surface area contributed by atoms with Gasteiger partial charge in [-0.2, -0.15) is 0 Å². The molecule has 0 aromatic heterocycles. The molecule has 0 fully saturated rings. The third kappa shape index (κ3) is 3.20. The van der Waals surface area contributed by atoms with Gasteiger partial charge in [-0.15, -0.1) is 0 Å². The van der Waals surface area contributed by atoms with E-state index in [2.05, 4.69) is 57.2 Å². The summed E-state index contributed by atoms with van der Waals surface area (Å²) in [6, 6.07) is 12.8. The van der Waals surface area contributed by atoms with Crippen LogP contribution in [0.25, 0.3) is 0 Å². The number of ether oxygens (including phenoxy) is 1. The highest BCUT2D eigenvalue weighted by atomic mass is 16.5. The summed E-state index contributed by atoms with van der Waals surface area (Å²) in [5.41, 5.74) is 12.4. The number of nitrogens with two attached hydrogens (primary N) is 1. The number of rotatable bonds is 4. The average Bonchev–Trinajstić information content (AvgIpc) is 2.38. The van der Waals surface area contributed by atoms with Crippen LogP contribution < -0.4 is 10.5 Å². The minimum absolute atomic E-state index is 0.0140. The zero-order chi connectivity index (χ0) is 14.7. The third-order valence-corrected chi connectivity index (χ3v) is 3.65. The lowest BCUT2D eigenvalue weighted by Gasteiger charge is -2.16. The van der Waals surface area contributed by atoms with Crippen LogP contribution in [0.3, 0.4) is 0 Å². The summed E-state index contributed by atoms with van der Waals surface area (Å²) < 4.78 is 5.40. The minimum Gasteiger partial charge on any atom is -0.496 e. The molecule has 2 nitrogen and oxygen atoms in total. The second kappa shape index (κ2) is 6.10. The molecule has 2 aromatic carbocycles. The monoisotopic (exact) mass is 269 g/mol. The lowest BCUT2D eigenvalue weighted by atomic mass is 9.95. The predicted molar refractivity (Wildman–Crippen MR) is 84.3 cm³/mol. The number of methoxy groups -OCH3 is 1. The quantitative estimate of drug-likeness (QED) is 0.914. The summed E-state index contributed by atoms with van der Waals surface area (Å²) in [6.45, 7) is 6.24. The SMILES string of the molecule is COc1c(C)cc(C(N)Cc2cccc(C)c2)cc1C. The van der Waals surface area contributed by atoms with Crippen molar-refractivity contribution in [1.82, 2.24) is 0 Å². The van der Waals surface area contributed by atoms with Crippen molar-refractivity contribution < 1.29 is 4.74 Å². The number of aryl methyl sites for hydroxylation is 3. The van der Waals surface area contributed by atoms with E-state index in [9.17, 15) is 0 Å². The van der Waals surface area contributed by atoms with Gasteiger partial charge in [-0.25, -0.2) is 0 Å². The van der Waals surface area contributed by atoms with Gasteiger partial charge in [0.1, 0.15) is 5.75 Å². The zero-order valence-corrected chi connectivity index (χ0v) is 12.7. The van der Waals surface area contributed by atoms with Crippen LogP contribution in [-0.2, 0) is 6.42 Å². The van der Waals surface area contributed by atoms with Gasteiger partial charge in [0.2, 0.25) is 0 Å². The first-order valence-corrected chi connectivity index (χ1v) is 6.97. The Hall–Kier alpha value is -1.80. The molecule has 2 heteroatoms. The molecule has 0 aliphatic carbocycles. The van der Waals surface area contributed by atoms with Crippen LogP contribution >= 0.6 is 0 Å². The Morgan fingerprint density at radius 1 is 1.05 bits per heavy atom. The van der Waals surface area contributed by atoms with Gasteiger partial charge in [0.25, 0.3) is 0 Å². The Kier molecular flexibility index (Phi) is 4.46. The maximum Gasteiger partial charge on any atom is 0.124 e. The molecule has 0 radical (unpaired) electrons. The molecule has 2 aromatic rings. The Balaban J connectivity index is 2.23. The van der Waals surface area contributed by atoms with Gasteiger partial charge >= 0.3 is 0 Å². The zero-order valence-electron chi connectivity index (χ0n) is 12.7. The second-order valence-corrected chi connectivity index (χ2v) is 5.49. The molecule has 2 rings (SSSR count). The fraction of sp³-hybridized carbons (Fsp3) is 0.333. The topological polar surface area (TPSA) is 35.2 Å². The molecule has 0 heterocycles. The third-order valence-electron chi connectivity index (χ3n) is 3.65. The summed E-state index contributed by atoms with van der Waals surface area (Å²) in [5, 5.41) is 0. The van der Waals surface area contributed by atoms with Gasteiger partial charge in [-0.1, -0.05) is 42.0 Å². The molecule has 1 atom stereocenters. The first-order chi connectivity index (χ1) is 9.51. The van der Waals surface area contributed by atoms with Gasteiger partial charge in [-0.3, -0.25) is 0 Å². The fourth-order valence-corrected chi connectivity index (χ4v) is 2.73. The smallest absolute Gasteiger partial charge is 0.124 e. The van der Waals surface area contributed by atoms with Crippen LogP contribution in [0.2, 0.25) is 0 Å². The average molecular weight is 269 g/mol. The van der Waals surface area contributed by atoms with Crippen molar-refractivity contribution in [3.05, 3.63) is 64.2 Å². The van der Waals surface area contributed by atoms with Gasteiger partial charge in [0, 0.05) is 6.04 Å². The van der Waals surface area contributed by atoms with Gasteiger partial charge in [0.05, 0.1) is 7.11 Å². The normalized spacial score (nSPS) is 12.2. The minimum atomic E-state index is 0.0140. The van der Waals surface area contributed by atoms with Crippen LogP contribution in [-0.4, -0.2) is 7.11 Å². The van der Waals surface area contributed by atoms with E-state index in [0.29, 0.717) is 0 Å². The van der Waals surface area contributed by atoms with Crippen LogP contribution in [0.4, 0.5) is 0 Å². The summed E-state index contributed by atoms with van der Waals surface area (Å²) in [4.78, 5) is 0. The molecule has 0 saturated heterocycles. The van der Waals surface area contributed by atoms with E-state index in [-0.39, 0.29) is 6.04 Å². The molecule has 106 valence electrons. The number of hydrogen-bond donors (Lipinski definition) is 1. The molecule has 0 aliphatic rings. The van der Waals surface area contributed by atoms with E-state index < -0.39 is 0 Å².